The van der Waals surface area contributed by atoms with Crippen molar-refractivity contribution in [1.29, 1.82) is 0 Å². The van der Waals surface area contributed by atoms with Crippen LogP contribution in [0.3, 0.4) is 0 Å². The van der Waals surface area contributed by atoms with Crippen LogP contribution < -0.4 is 26.1 Å². The molecule has 1 aromatic carbocycles. The Balaban J connectivity index is 1.74. The first-order chi connectivity index (χ1) is 17.1. The predicted molar refractivity (Wildman–Crippen MR) is 135 cm³/mol. The van der Waals surface area contributed by atoms with Crippen molar-refractivity contribution in [2.24, 2.45) is 12.2 Å². The first kappa shape index (κ1) is 24.5. The average Bonchev–Trinajstić information content (AvgIpc) is 3.39. The summed E-state index contributed by atoms with van der Waals surface area (Å²) in [6, 6.07) is 3.30. The van der Waals surface area contributed by atoms with E-state index in [9.17, 15) is 13.2 Å². The third kappa shape index (κ3) is 4.77. The van der Waals surface area contributed by atoms with Crippen LogP contribution in [0.5, 0.6) is 0 Å². The van der Waals surface area contributed by atoms with Gasteiger partial charge in [-0.25, -0.2) is 13.1 Å². The van der Waals surface area contributed by atoms with Crippen LogP contribution in [0.25, 0.3) is 10.9 Å². The van der Waals surface area contributed by atoms with Crippen molar-refractivity contribution in [2.45, 2.75) is 49.7 Å². The number of fused-ring (bicyclic) bond motifs is 1. The second-order valence-electron chi connectivity index (χ2n) is 9.97. The van der Waals surface area contributed by atoms with E-state index in [1.165, 1.54) is 17.7 Å². The lowest BCUT2D eigenvalue weighted by Crippen LogP contribution is -2.49. The summed E-state index contributed by atoms with van der Waals surface area (Å²) < 4.78 is 32.6. The standard InChI is InChI=1S/C23H32N8O4S/c1-15-12-30(8-7-24-15)19-10-17(36(33,34)28-23(2)5-6-23)9-18-20(19)26-22(27-35-4)31(21(18)32)14-16-11-25-29(3)13-16/h9-11,13,15,24,28H,5-8,12,14H2,1-4H3,(H,26,27). The van der Waals surface area contributed by atoms with Crippen LogP contribution in [0.2, 0.25) is 0 Å². The fourth-order valence-corrected chi connectivity index (χ4v) is 6.10. The number of benzene rings is 1. The fourth-order valence-electron chi connectivity index (χ4n) is 4.59. The van der Waals surface area contributed by atoms with Gasteiger partial charge in [0.2, 0.25) is 15.6 Å². The number of hydrogen-bond acceptors (Lipinski definition) is 8. The maximum Gasteiger partial charge on any atom is 0.263 e. The molecule has 13 heteroatoms. The van der Waals surface area contributed by atoms with Crippen LogP contribution in [0.4, 0.5) is 5.69 Å². The molecule has 1 saturated carbocycles. The van der Waals surface area contributed by atoms with Crippen molar-refractivity contribution >= 4 is 26.6 Å². The summed E-state index contributed by atoms with van der Waals surface area (Å²) in [6.45, 7) is 6.21. The minimum Gasteiger partial charge on any atom is -0.396 e. The highest BCUT2D eigenvalue weighted by Gasteiger charge is 2.41. The normalized spacial score (nSPS) is 20.2. The quantitative estimate of drug-likeness (QED) is 0.382. The number of aryl methyl sites for hydroxylation is 1. The molecule has 2 aromatic heterocycles. The van der Waals surface area contributed by atoms with Gasteiger partial charge in [0.15, 0.2) is 0 Å². The number of nitrogens with one attached hydrogen (secondary N) is 3. The fraction of sp³-hybridized carbons (Fsp3) is 0.522. The smallest absolute Gasteiger partial charge is 0.263 e. The summed E-state index contributed by atoms with van der Waals surface area (Å²) in [5.41, 5.74) is 1.36. The van der Waals surface area contributed by atoms with Gasteiger partial charge in [0.1, 0.15) is 7.11 Å². The van der Waals surface area contributed by atoms with E-state index >= 15 is 0 Å². The molecule has 0 radical (unpaired) electrons. The minimum atomic E-state index is -3.84. The van der Waals surface area contributed by atoms with Crippen LogP contribution in [0.1, 0.15) is 32.3 Å². The molecule has 1 saturated heterocycles. The number of nitrogens with zero attached hydrogens (tertiary/aromatic N) is 5. The lowest BCUT2D eigenvalue weighted by atomic mass is 10.1. The van der Waals surface area contributed by atoms with Gasteiger partial charge in [-0.15, -0.1) is 0 Å². The number of aromatic nitrogens is 4. The van der Waals surface area contributed by atoms with E-state index in [2.05, 4.69) is 37.1 Å². The van der Waals surface area contributed by atoms with E-state index in [1.54, 1.807) is 24.0 Å². The molecular formula is C23H32N8O4S. The van der Waals surface area contributed by atoms with Crippen LogP contribution in [-0.2, 0) is 28.5 Å². The van der Waals surface area contributed by atoms with Crippen LogP contribution in [0.15, 0.2) is 39.4 Å². The van der Waals surface area contributed by atoms with E-state index in [1.807, 2.05) is 13.1 Å². The molecular weight excluding hydrogens is 484 g/mol. The second kappa shape index (κ2) is 9.05. The van der Waals surface area contributed by atoms with E-state index in [-0.39, 0.29) is 34.0 Å². The van der Waals surface area contributed by atoms with Crippen molar-refractivity contribution in [2.75, 3.05) is 31.6 Å². The number of hydrogen-bond donors (Lipinski definition) is 3. The predicted octanol–water partition coefficient (Wildman–Crippen LogP) is 0.202. The minimum absolute atomic E-state index is 0.0687. The number of H-pyrrole nitrogens is 1. The third-order valence-corrected chi connectivity index (χ3v) is 8.35. The first-order valence-corrected chi connectivity index (χ1v) is 13.4. The van der Waals surface area contributed by atoms with Gasteiger partial charge in [-0.05, 0) is 44.0 Å². The van der Waals surface area contributed by atoms with Gasteiger partial charge in [0.25, 0.3) is 5.56 Å². The Labute approximate surface area is 209 Å². The van der Waals surface area contributed by atoms with Gasteiger partial charge in [0.05, 0.1) is 34.2 Å². The summed E-state index contributed by atoms with van der Waals surface area (Å²) in [7, 11) is -0.634. The Morgan fingerprint density at radius 2 is 2.11 bits per heavy atom. The molecule has 1 atom stereocenters. The van der Waals surface area contributed by atoms with Crippen LogP contribution in [-0.4, -0.2) is 66.1 Å². The lowest BCUT2D eigenvalue weighted by molar-refractivity contribution is 0.192. The highest BCUT2D eigenvalue weighted by atomic mass is 32.2. The second-order valence-corrected chi connectivity index (χ2v) is 11.7. The zero-order chi connectivity index (χ0) is 25.7. The molecule has 1 aliphatic heterocycles. The lowest BCUT2D eigenvalue weighted by Gasteiger charge is -2.34. The van der Waals surface area contributed by atoms with Gasteiger partial charge in [0, 0.05) is 50.0 Å². The highest BCUT2D eigenvalue weighted by Crippen LogP contribution is 2.37. The third-order valence-electron chi connectivity index (χ3n) is 6.74. The zero-order valence-corrected chi connectivity index (χ0v) is 21.7. The largest absolute Gasteiger partial charge is 0.396 e. The molecule has 3 N–H and O–H groups in total. The van der Waals surface area contributed by atoms with Crippen molar-refractivity contribution in [3.05, 3.63) is 46.1 Å². The monoisotopic (exact) mass is 516 g/mol. The molecule has 5 rings (SSSR count). The summed E-state index contributed by atoms with van der Waals surface area (Å²) in [4.78, 5) is 24.3. The molecule has 2 fully saturated rings. The van der Waals surface area contributed by atoms with Gasteiger partial charge in [-0.3, -0.25) is 14.0 Å². The summed E-state index contributed by atoms with van der Waals surface area (Å²) in [6.07, 6.45) is 5.05. The molecule has 0 spiro atoms. The van der Waals surface area contributed by atoms with E-state index < -0.39 is 15.6 Å². The molecule has 0 amide bonds. The molecule has 2 aliphatic rings. The van der Waals surface area contributed by atoms with Gasteiger partial charge in [-0.2, -0.15) is 5.10 Å². The van der Waals surface area contributed by atoms with Crippen molar-refractivity contribution in [3.63, 3.8) is 0 Å². The van der Waals surface area contributed by atoms with Gasteiger partial charge in [-0.1, -0.05) is 0 Å². The molecule has 0 bridgehead atoms. The molecule has 194 valence electrons. The maximum atomic E-state index is 13.9. The Bertz CT molecular complexity index is 1530. The van der Waals surface area contributed by atoms with Crippen LogP contribution in [0, 0.1) is 0 Å². The van der Waals surface area contributed by atoms with Gasteiger partial charge < -0.3 is 20.0 Å². The number of anilines is 1. The number of sulfonamides is 1. The summed E-state index contributed by atoms with van der Waals surface area (Å²) >= 11 is 0. The van der Waals surface area contributed by atoms with Crippen LogP contribution >= 0.6 is 0 Å². The van der Waals surface area contributed by atoms with E-state index in [0.717, 1.165) is 24.9 Å². The Kier molecular flexibility index (Phi) is 6.17. The van der Waals surface area contributed by atoms with E-state index in [0.29, 0.717) is 24.3 Å². The van der Waals surface area contributed by atoms with Crippen molar-refractivity contribution in [3.8, 4) is 0 Å². The summed E-state index contributed by atoms with van der Waals surface area (Å²) in [5, 5.41) is 11.9. The number of piperazine rings is 1. The Morgan fingerprint density at radius 3 is 2.75 bits per heavy atom. The number of aromatic amines is 1. The summed E-state index contributed by atoms with van der Waals surface area (Å²) in [5.74, 6) is 0. The Morgan fingerprint density at radius 1 is 1.33 bits per heavy atom. The van der Waals surface area contributed by atoms with Gasteiger partial charge >= 0.3 is 0 Å². The molecule has 1 unspecified atom stereocenters. The molecule has 36 heavy (non-hydrogen) atoms. The first-order valence-electron chi connectivity index (χ1n) is 12.0. The SMILES string of the molecule is CO/N=c1\[nH]c2c(N3CCNC(C)C3)cc(S(=O)(=O)NC3(C)CC3)cc2c(=O)n1Cc1cnn(C)c1. The molecule has 3 heterocycles. The zero-order valence-electron chi connectivity index (χ0n) is 20.9. The average molecular weight is 517 g/mol. The van der Waals surface area contributed by atoms with E-state index in [4.69, 9.17) is 4.84 Å². The highest BCUT2D eigenvalue weighted by molar-refractivity contribution is 7.89. The topological polar surface area (TPSA) is 139 Å². The van der Waals surface area contributed by atoms with Crippen molar-refractivity contribution in [1.82, 2.24) is 29.4 Å². The number of rotatable bonds is 7. The van der Waals surface area contributed by atoms with Crippen molar-refractivity contribution < 1.29 is 13.3 Å². The maximum absolute atomic E-state index is 13.9. The Hall–Kier alpha value is -3.16. The molecule has 1 aliphatic carbocycles. The molecule has 3 aromatic rings. The molecule has 12 nitrogen and oxygen atoms in total.